The number of anilines is 3. The average molecular weight is 286 g/mol. The molecule has 2 rings (SSSR count). The molecule has 0 radical (unpaired) electrons. The summed E-state index contributed by atoms with van der Waals surface area (Å²) in [7, 11) is 1.65. The molecule has 0 aliphatic rings. The van der Waals surface area contributed by atoms with E-state index in [9.17, 15) is 0 Å². The van der Waals surface area contributed by atoms with E-state index in [0.717, 1.165) is 22.8 Å². The molecule has 0 saturated carbocycles. The van der Waals surface area contributed by atoms with Gasteiger partial charge in [0.15, 0.2) is 0 Å². The fraction of sp³-hybridized carbons (Fsp3) is 0.375. The highest BCUT2D eigenvalue weighted by atomic mass is 16.5. The molecule has 1 heterocycles. The third kappa shape index (κ3) is 4.34. The summed E-state index contributed by atoms with van der Waals surface area (Å²) in [6.07, 6.45) is 1.73. The van der Waals surface area contributed by atoms with Gasteiger partial charge in [-0.25, -0.2) is 4.98 Å². The Morgan fingerprint density at radius 2 is 1.90 bits per heavy atom. The lowest BCUT2D eigenvalue weighted by Crippen LogP contribution is -2.26. The Morgan fingerprint density at radius 3 is 2.57 bits per heavy atom. The van der Waals surface area contributed by atoms with Crippen molar-refractivity contribution < 1.29 is 4.74 Å². The zero-order valence-corrected chi connectivity index (χ0v) is 13.2. The number of ether oxygens (including phenoxy) is 1. The lowest BCUT2D eigenvalue weighted by molar-refractivity contribution is 0.416. The Kier molecular flexibility index (Phi) is 4.31. The number of hydrogen-bond acceptors (Lipinski definition) is 5. The molecule has 21 heavy (non-hydrogen) atoms. The van der Waals surface area contributed by atoms with Crippen LogP contribution in [0.5, 0.6) is 5.75 Å². The molecule has 5 heteroatoms. The Bertz CT molecular complexity index is 620. The fourth-order valence-electron chi connectivity index (χ4n) is 1.91. The van der Waals surface area contributed by atoms with Gasteiger partial charge in [0.25, 0.3) is 0 Å². The molecular formula is C16H22N4O. The van der Waals surface area contributed by atoms with E-state index in [1.54, 1.807) is 13.3 Å². The zero-order valence-electron chi connectivity index (χ0n) is 13.2. The molecule has 2 aromatic rings. The van der Waals surface area contributed by atoms with Gasteiger partial charge in [-0.2, -0.15) is 4.98 Å². The maximum Gasteiger partial charge on any atom is 0.229 e. The van der Waals surface area contributed by atoms with Crippen LogP contribution >= 0.6 is 0 Å². The van der Waals surface area contributed by atoms with Gasteiger partial charge in [0.1, 0.15) is 11.6 Å². The van der Waals surface area contributed by atoms with E-state index in [-0.39, 0.29) is 5.54 Å². The van der Waals surface area contributed by atoms with Crippen LogP contribution < -0.4 is 15.4 Å². The molecule has 1 aromatic heterocycles. The second-order valence-corrected chi connectivity index (χ2v) is 5.97. The Hall–Kier alpha value is -2.30. The molecular weight excluding hydrogens is 264 g/mol. The summed E-state index contributed by atoms with van der Waals surface area (Å²) in [5.74, 6) is 2.08. The van der Waals surface area contributed by atoms with E-state index in [1.807, 2.05) is 31.2 Å². The molecule has 0 bridgehead atoms. The third-order valence-corrected chi connectivity index (χ3v) is 2.76. The van der Waals surface area contributed by atoms with Crippen LogP contribution in [-0.2, 0) is 0 Å². The summed E-state index contributed by atoms with van der Waals surface area (Å²) in [5, 5.41) is 6.53. The fourth-order valence-corrected chi connectivity index (χ4v) is 1.91. The molecule has 0 aliphatic carbocycles. The minimum absolute atomic E-state index is 0.0490. The number of rotatable bonds is 4. The zero-order chi connectivity index (χ0) is 15.5. The maximum absolute atomic E-state index is 5.35. The smallest absolute Gasteiger partial charge is 0.229 e. The molecule has 1 aromatic carbocycles. The molecule has 112 valence electrons. The largest absolute Gasteiger partial charge is 0.495 e. The first-order valence-electron chi connectivity index (χ1n) is 6.90. The van der Waals surface area contributed by atoms with Crippen molar-refractivity contribution in [1.29, 1.82) is 0 Å². The van der Waals surface area contributed by atoms with Crippen molar-refractivity contribution in [3.05, 3.63) is 36.0 Å². The Balaban J connectivity index is 2.24. The van der Waals surface area contributed by atoms with Gasteiger partial charge in [0, 0.05) is 11.7 Å². The summed E-state index contributed by atoms with van der Waals surface area (Å²) in [6.45, 7) is 8.30. The minimum atomic E-state index is -0.0490. The van der Waals surface area contributed by atoms with E-state index in [0.29, 0.717) is 5.95 Å². The lowest BCUT2D eigenvalue weighted by Gasteiger charge is -2.21. The van der Waals surface area contributed by atoms with Crippen LogP contribution in [0.25, 0.3) is 0 Å². The molecule has 0 unspecified atom stereocenters. The standard InChI is InChI=1S/C16H22N4O/c1-11-6-7-13(21-5)12(10-11)18-15-17-9-8-14(19-15)20-16(2,3)4/h6-10H,1-5H3,(H2,17,18,19,20). The first-order valence-corrected chi connectivity index (χ1v) is 6.90. The summed E-state index contributed by atoms with van der Waals surface area (Å²) in [5.41, 5.74) is 1.94. The second-order valence-electron chi connectivity index (χ2n) is 5.97. The summed E-state index contributed by atoms with van der Waals surface area (Å²) >= 11 is 0. The molecule has 0 fully saturated rings. The SMILES string of the molecule is COc1ccc(C)cc1Nc1nccc(NC(C)(C)C)n1. The predicted molar refractivity (Wildman–Crippen MR) is 86.4 cm³/mol. The van der Waals surface area contributed by atoms with Crippen molar-refractivity contribution in [2.24, 2.45) is 0 Å². The molecule has 0 aliphatic heterocycles. The summed E-state index contributed by atoms with van der Waals surface area (Å²) in [4.78, 5) is 8.72. The number of aryl methyl sites for hydroxylation is 1. The van der Waals surface area contributed by atoms with Crippen molar-refractivity contribution in [3.8, 4) is 5.75 Å². The molecule has 0 saturated heterocycles. The van der Waals surface area contributed by atoms with E-state index < -0.39 is 0 Å². The van der Waals surface area contributed by atoms with Gasteiger partial charge in [-0.1, -0.05) is 6.07 Å². The molecule has 5 nitrogen and oxygen atoms in total. The molecule has 0 amide bonds. The van der Waals surface area contributed by atoms with E-state index in [1.165, 1.54) is 0 Å². The van der Waals surface area contributed by atoms with Crippen LogP contribution in [0.4, 0.5) is 17.5 Å². The predicted octanol–water partition coefficient (Wildman–Crippen LogP) is 3.75. The van der Waals surface area contributed by atoms with Crippen molar-refractivity contribution in [3.63, 3.8) is 0 Å². The number of nitrogens with one attached hydrogen (secondary N) is 2. The van der Waals surface area contributed by atoms with E-state index >= 15 is 0 Å². The van der Waals surface area contributed by atoms with Gasteiger partial charge in [-0.3, -0.25) is 0 Å². The van der Waals surface area contributed by atoms with E-state index in [2.05, 4.69) is 41.4 Å². The first-order chi connectivity index (χ1) is 9.87. The number of aromatic nitrogens is 2. The van der Waals surface area contributed by atoms with E-state index in [4.69, 9.17) is 4.74 Å². The number of hydrogen-bond donors (Lipinski definition) is 2. The number of methoxy groups -OCH3 is 1. The minimum Gasteiger partial charge on any atom is -0.495 e. The first kappa shape index (κ1) is 15.1. The Labute approximate surface area is 125 Å². The van der Waals surface area contributed by atoms with Crippen LogP contribution in [0.2, 0.25) is 0 Å². The quantitative estimate of drug-likeness (QED) is 0.896. The normalized spacial score (nSPS) is 11.1. The monoisotopic (exact) mass is 286 g/mol. The maximum atomic E-state index is 5.35. The van der Waals surface area contributed by atoms with Crippen LogP contribution in [0, 0.1) is 6.92 Å². The van der Waals surface area contributed by atoms with Crippen molar-refractivity contribution in [2.75, 3.05) is 17.7 Å². The topological polar surface area (TPSA) is 59.1 Å². The highest BCUT2D eigenvalue weighted by Gasteiger charge is 2.11. The number of nitrogens with zero attached hydrogens (tertiary/aromatic N) is 2. The van der Waals surface area contributed by atoms with Gasteiger partial charge >= 0.3 is 0 Å². The highest BCUT2D eigenvalue weighted by molar-refractivity contribution is 5.64. The molecule has 0 spiro atoms. The third-order valence-electron chi connectivity index (χ3n) is 2.76. The van der Waals surface area contributed by atoms with Gasteiger partial charge in [0.2, 0.25) is 5.95 Å². The van der Waals surface area contributed by atoms with Gasteiger partial charge in [-0.05, 0) is 51.5 Å². The van der Waals surface area contributed by atoms with Crippen molar-refractivity contribution in [1.82, 2.24) is 9.97 Å². The van der Waals surface area contributed by atoms with Crippen LogP contribution in [0.1, 0.15) is 26.3 Å². The van der Waals surface area contributed by atoms with Crippen LogP contribution in [0.15, 0.2) is 30.5 Å². The van der Waals surface area contributed by atoms with Crippen LogP contribution in [-0.4, -0.2) is 22.6 Å². The lowest BCUT2D eigenvalue weighted by atomic mass is 10.1. The number of benzene rings is 1. The Morgan fingerprint density at radius 1 is 1.14 bits per heavy atom. The summed E-state index contributed by atoms with van der Waals surface area (Å²) in [6, 6.07) is 7.79. The average Bonchev–Trinajstić information content (AvgIpc) is 2.37. The van der Waals surface area contributed by atoms with Crippen molar-refractivity contribution in [2.45, 2.75) is 33.2 Å². The van der Waals surface area contributed by atoms with Crippen molar-refractivity contribution >= 4 is 17.5 Å². The molecule has 2 N–H and O–H groups in total. The van der Waals surface area contributed by atoms with Crippen LogP contribution in [0.3, 0.4) is 0 Å². The highest BCUT2D eigenvalue weighted by Crippen LogP contribution is 2.27. The second kappa shape index (κ2) is 5.99. The van der Waals surface area contributed by atoms with Gasteiger partial charge < -0.3 is 15.4 Å². The van der Waals surface area contributed by atoms with Gasteiger partial charge in [-0.15, -0.1) is 0 Å². The summed E-state index contributed by atoms with van der Waals surface area (Å²) < 4.78 is 5.35. The van der Waals surface area contributed by atoms with Gasteiger partial charge in [0.05, 0.1) is 12.8 Å². The molecule has 0 atom stereocenters.